The lowest BCUT2D eigenvalue weighted by Crippen LogP contribution is -2.37. The van der Waals surface area contributed by atoms with E-state index < -0.39 is 9.84 Å². The molecule has 1 saturated carbocycles. The predicted octanol–water partition coefficient (Wildman–Crippen LogP) is 3.49. The fourth-order valence-electron chi connectivity index (χ4n) is 3.68. The number of thioether (sulfide) groups is 1. The number of rotatable bonds is 4. The maximum atomic E-state index is 12.3. The van der Waals surface area contributed by atoms with Gasteiger partial charge in [0, 0.05) is 16.9 Å². The Kier molecular flexibility index (Phi) is 4.63. The van der Waals surface area contributed by atoms with Gasteiger partial charge in [0.25, 0.3) is 5.91 Å². The topological polar surface area (TPSA) is 76.0 Å². The maximum absolute atomic E-state index is 12.3. The number of benzene rings is 2. The van der Waals surface area contributed by atoms with E-state index in [9.17, 15) is 13.2 Å². The molecule has 0 N–H and O–H groups in total. The summed E-state index contributed by atoms with van der Waals surface area (Å²) in [5.41, 5.74) is 0.824. The van der Waals surface area contributed by atoms with Gasteiger partial charge >= 0.3 is 0 Å². The van der Waals surface area contributed by atoms with Gasteiger partial charge in [-0.2, -0.15) is 4.99 Å². The lowest BCUT2D eigenvalue weighted by Gasteiger charge is -2.24. The minimum Gasteiger partial charge on any atom is -0.457 e. The van der Waals surface area contributed by atoms with Crippen molar-refractivity contribution < 1.29 is 17.9 Å². The summed E-state index contributed by atoms with van der Waals surface area (Å²) >= 11 is 1.41. The summed E-state index contributed by atoms with van der Waals surface area (Å²) in [6, 6.07) is 16.8. The fraction of sp³-hybridized carbons (Fsp3) is 0.333. The summed E-state index contributed by atoms with van der Waals surface area (Å²) in [6.45, 7) is 0. The summed E-state index contributed by atoms with van der Waals surface area (Å²) in [5.74, 6) is 1.60. The number of ether oxygens (including phenoxy) is 1. The Morgan fingerprint density at radius 3 is 2.38 bits per heavy atom. The number of carbonyl (C=O) groups is 1. The van der Waals surface area contributed by atoms with Gasteiger partial charge in [0.1, 0.15) is 11.5 Å². The molecule has 2 heterocycles. The molecule has 3 aliphatic rings. The van der Waals surface area contributed by atoms with Crippen molar-refractivity contribution >= 4 is 38.4 Å². The van der Waals surface area contributed by atoms with E-state index in [1.165, 1.54) is 11.8 Å². The van der Waals surface area contributed by atoms with E-state index in [0.29, 0.717) is 10.9 Å². The molecule has 8 heteroatoms. The largest absolute Gasteiger partial charge is 0.457 e. The van der Waals surface area contributed by atoms with Crippen LogP contribution in [-0.2, 0) is 14.6 Å². The molecule has 0 bridgehead atoms. The Balaban J connectivity index is 1.43. The lowest BCUT2D eigenvalue weighted by molar-refractivity contribution is -0.118. The van der Waals surface area contributed by atoms with Gasteiger partial charge in [0.05, 0.1) is 17.5 Å². The molecule has 1 aliphatic carbocycles. The van der Waals surface area contributed by atoms with E-state index in [1.807, 2.05) is 59.5 Å². The Hall–Kier alpha value is -2.32. The predicted molar refractivity (Wildman–Crippen MR) is 114 cm³/mol. The monoisotopic (exact) mass is 428 g/mol. The molecule has 0 spiro atoms. The fourth-order valence-corrected chi connectivity index (χ4v) is 7.60. The number of sulfone groups is 1. The molecular formula is C21H20N2O4S2. The van der Waals surface area contributed by atoms with E-state index in [-0.39, 0.29) is 34.6 Å². The molecule has 29 heavy (non-hydrogen) atoms. The average Bonchev–Trinajstić information content (AvgIpc) is 3.44. The highest BCUT2D eigenvalue weighted by molar-refractivity contribution is 8.16. The Bertz CT molecular complexity index is 1060. The number of nitrogens with zero attached hydrogens (tertiary/aromatic N) is 2. The van der Waals surface area contributed by atoms with Crippen LogP contribution in [0.2, 0.25) is 0 Å². The van der Waals surface area contributed by atoms with Crippen molar-refractivity contribution in [2.24, 2.45) is 10.9 Å². The second-order valence-corrected chi connectivity index (χ2v) is 10.9. The molecule has 2 atom stereocenters. The van der Waals surface area contributed by atoms with Crippen molar-refractivity contribution in [3.8, 4) is 11.5 Å². The van der Waals surface area contributed by atoms with Gasteiger partial charge in [-0.05, 0) is 49.2 Å². The van der Waals surface area contributed by atoms with E-state index in [2.05, 4.69) is 4.99 Å². The Morgan fingerprint density at radius 1 is 1.00 bits per heavy atom. The SMILES string of the molecule is O=C(N=C1S[C@@H]2CS(=O)(=O)C[C@@H]2N1c1ccc(Oc2ccccc2)cc1)C1CC1. The average molecular weight is 429 g/mol. The van der Waals surface area contributed by atoms with Crippen LogP contribution < -0.4 is 9.64 Å². The normalized spacial score (nSPS) is 26.5. The van der Waals surface area contributed by atoms with Crippen LogP contribution in [0, 0.1) is 5.92 Å². The second kappa shape index (κ2) is 7.18. The van der Waals surface area contributed by atoms with Crippen molar-refractivity contribution in [1.29, 1.82) is 0 Å². The van der Waals surface area contributed by atoms with Crippen LogP contribution in [0.1, 0.15) is 12.8 Å². The van der Waals surface area contributed by atoms with Crippen molar-refractivity contribution in [2.45, 2.75) is 24.1 Å². The van der Waals surface area contributed by atoms with Gasteiger partial charge in [0.15, 0.2) is 15.0 Å². The zero-order chi connectivity index (χ0) is 20.0. The number of carbonyl (C=O) groups excluding carboxylic acids is 1. The third kappa shape index (κ3) is 3.91. The summed E-state index contributed by atoms with van der Waals surface area (Å²) in [5, 5.41) is 0.523. The number of amidine groups is 1. The zero-order valence-electron chi connectivity index (χ0n) is 15.6. The smallest absolute Gasteiger partial charge is 0.251 e. The molecule has 1 amide bonds. The molecule has 150 valence electrons. The molecule has 5 rings (SSSR count). The van der Waals surface area contributed by atoms with Crippen molar-refractivity contribution in [3.05, 3.63) is 54.6 Å². The number of amides is 1. The van der Waals surface area contributed by atoms with Crippen LogP contribution in [0.5, 0.6) is 11.5 Å². The molecule has 0 radical (unpaired) electrons. The van der Waals surface area contributed by atoms with Gasteiger partial charge < -0.3 is 9.64 Å². The molecule has 2 saturated heterocycles. The third-order valence-corrected chi connectivity index (χ3v) is 8.50. The minimum absolute atomic E-state index is 0.0378. The highest BCUT2D eigenvalue weighted by Gasteiger charge is 2.49. The van der Waals surface area contributed by atoms with Crippen LogP contribution in [0.25, 0.3) is 0 Å². The number of anilines is 1. The summed E-state index contributed by atoms with van der Waals surface area (Å²) in [7, 11) is -3.08. The van der Waals surface area contributed by atoms with Gasteiger partial charge in [0.2, 0.25) is 0 Å². The first-order valence-electron chi connectivity index (χ1n) is 9.60. The number of para-hydroxylation sites is 1. The first-order chi connectivity index (χ1) is 14.0. The van der Waals surface area contributed by atoms with E-state index in [1.54, 1.807) is 0 Å². The van der Waals surface area contributed by atoms with Crippen LogP contribution >= 0.6 is 11.8 Å². The van der Waals surface area contributed by atoms with E-state index in [0.717, 1.165) is 24.3 Å². The summed E-state index contributed by atoms with van der Waals surface area (Å²) < 4.78 is 30.2. The number of hydrogen-bond acceptors (Lipinski definition) is 5. The van der Waals surface area contributed by atoms with Crippen molar-refractivity contribution in [2.75, 3.05) is 16.4 Å². The number of fused-ring (bicyclic) bond motifs is 1. The van der Waals surface area contributed by atoms with Gasteiger partial charge in [-0.25, -0.2) is 8.42 Å². The van der Waals surface area contributed by atoms with Gasteiger partial charge in [-0.15, -0.1) is 0 Å². The second-order valence-electron chi connectivity index (χ2n) is 7.59. The van der Waals surface area contributed by atoms with Crippen molar-refractivity contribution in [1.82, 2.24) is 0 Å². The molecule has 6 nitrogen and oxygen atoms in total. The highest BCUT2D eigenvalue weighted by atomic mass is 32.2. The summed E-state index contributed by atoms with van der Waals surface area (Å²) in [4.78, 5) is 18.6. The number of aliphatic imine (C=N–C) groups is 1. The zero-order valence-corrected chi connectivity index (χ0v) is 17.2. The Labute approximate surface area is 173 Å². The number of hydrogen-bond donors (Lipinski definition) is 0. The van der Waals surface area contributed by atoms with Gasteiger partial charge in [-0.1, -0.05) is 30.0 Å². The molecule has 2 aromatic rings. The molecule has 2 aromatic carbocycles. The van der Waals surface area contributed by atoms with Crippen LogP contribution in [0.3, 0.4) is 0 Å². The molecule has 2 aliphatic heterocycles. The van der Waals surface area contributed by atoms with Crippen molar-refractivity contribution in [3.63, 3.8) is 0 Å². The summed E-state index contributed by atoms with van der Waals surface area (Å²) in [6.07, 6.45) is 1.79. The van der Waals surface area contributed by atoms with E-state index in [4.69, 9.17) is 4.74 Å². The van der Waals surface area contributed by atoms with E-state index >= 15 is 0 Å². The minimum atomic E-state index is -3.08. The quantitative estimate of drug-likeness (QED) is 0.742. The third-order valence-electron chi connectivity index (χ3n) is 5.29. The van der Waals surface area contributed by atoms with Crippen LogP contribution in [-0.4, -0.2) is 42.3 Å². The van der Waals surface area contributed by atoms with Crippen LogP contribution in [0.15, 0.2) is 59.6 Å². The standard InChI is InChI=1S/C21H20N2O4S2/c24-20(14-6-7-14)22-21-23(18-12-29(25,26)13-19(18)28-21)15-8-10-17(11-9-15)27-16-4-2-1-3-5-16/h1-5,8-11,14,18-19H,6-7,12-13H2/t18-,19+/m0/s1. The van der Waals surface area contributed by atoms with Gasteiger partial charge in [-0.3, -0.25) is 4.79 Å². The maximum Gasteiger partial charge on any atom is 0.251 e. The molecule has 3 fully saturated rings. The molecule has 0 unspecified atom stereocenters. The lowest BCUT2D eigenvalue weighted by atomic mass is 10.2. The van der Waals surface area contributed by atoms with Crippen LogP contribution in [0.4, 0.5) is 5.69 Å². The Morgan fingerprint density at radius 2 is 1.69 bits per heavy atom. The first-order valence-corrected chi connectivity index (χ1v) is 12.3. The molecule has 0 aromatic heterocycles. The first kappa shape index (κ1) is 18.7. The molecular weight excluding hydrogens is 408 g/mol. The highest BCUT2D eigenvalue weighted by Crippen LogP contribution is 2.42.